The van der Waals surface area contributed by atoms with Gasteiger partial charge in [-0.25, -0.2) is 4.79 Å². The number of nitrogens with one attached hydrogen (secondary N) is 2. The van der Waals surface area contributed by atoms with Crippen LogP contribution in [0.2, 0.25) is 0 Å². The number of fused-ring (bicyclic) bond motifs is 1. The number of hydrogen-bond acceptors (Lipinski definition) is 4. The Morgan fingerprint density at radius 3 is 2.55 bits per heavy atom. The van der Waals surface area contributed by atoms with Crippen LogP contribution in [0.25, 0.3) is 0 Å². The van der Waals surface area contributed by atoms with Crippen LogP contribution in [0.3, 0.4) is 0 Å². The van der Waals surface area contributed by atoms with Crippen LogP contribution >= 0.6 is 0 Å². The summed E-state index contributed by atoms with van der Waals surface area (Å²) in [4.78, 5) is 37.1. The summed E-state index contributed by atoms with van der Waals surface area (Å²) in [7, 11) is 0. The molecule has 0 aromatic heterocycles. The van der Waals surface area contributed by atoms with Gasteiger partial charge in [0.25, 0.3) is 0 Å². The van der Waals surface area contributed by atoms with E-state index in [-0.39, 0.29) is 35.8 Å². The van der Waals surface area contributed by atoms with E-state index in [1.54, 1.807) is 4.90 Å². The molecule has 0 bridgehead atoms. The highest BCUT2D eigenvalue weighted by Crippen LogP contribution is 2.29. The van der Waals surface area contributed by atoms with Crippen molar-refractivity contribution >= 4 is 17.8 Å². The SMILES string of the molecule is CC(C)C1OCCC1CNC(=O)N1C[C@@H]2C(=O)NC(=O)[C@@H]2C1. The summed E-state index contributed by atoms with van der Waals surface area (Å²) >= 11 is 0. The van der Waals surface area contributed by atoms with Crippen molar-refractivity contribution in [1.29, 1.82) is 0 Å². The van der Waals surface area contributed by atoms with E-state index in [2.05, 4.69) is 24.5 Å². The molecule has 2 N–H and O–H groups in total. The molecule has 22 heavy (non-hydrogen) atoms. The van der Waals surface area contributed by atoms with Crippen LogP contribution in [-0.2, 0) is 14.3 Å². The van der Waals surface area contributed by atoms with Gasteiger partial charge in [-0.15, -0.1) is 0 Å². The average molecular weight is 309 g/mol. The first kappa shape index (κ1) is 15.3. The molecule has 2 unspecified atom stereocenters. The molecule has 0 saturated carbocycles. The minimum Gasteiger partial charge on any atom is -0.378 e. The summed E-state index contributed by atoms with van der Waals surface area (Å²) in [5.41, 5.74) is 0. The Labute approximate surface area is 129 Å². The highest BCUT2D eigenvalue weighted by Gasteiger charge is 2.49. The lowest BCUT2D eigenvalue weighted by Crippen LogP contribution is -2.44. The van der Waals surface area contributed by atoms with Crippen LogP contribution in [0.1, 0.15) is 20.3 Å². The van der Waals surface area contributed by atoms with Crippen LogP contribution in [0.4, 0.5) is 4.79 Å². The molecule has 0 spiro atoms. The fourth-order valence-electron chi connectivity index (χ4n) is 3.75. The van der Waals surface area contributed by atoms with Crippen LogP contribution in [0, 0.1) is 23.7 Å². The van der Waals surface area contributed by atoms with Crippen molar-refractivity contribution in [2.24, 2.45) is 23.7 Å². The zero-order valence-electron chi connectivity index (χ0n) is 13.0. The van der Waals surface area contributed by atoms with Crippen molar-refractivity contribution in [3.05, 3.63) is 0 Å². The molecule has 122 valence electrons. The van der Waals surface area contributed by atoms with Gasteiger partial charge in [0, 0.05) is 32.2 Å². The Morgan fingerprint density at radius 1 is 1.32 bits per heavy atom. The quantitative estimate of drug-likeness (QED) is 0.716. The van der Waals surface area contributed by atoms with Gasteiger partial charge in [-0.2, -0.15) is 0 Å². The van der Waals surface area contributed by atoms with Crippen molar-refractivity contribution in [3.8, 4) is 0 Å². The van der Waals surface area contributed by atoms with E-state index < -0.39 is 0 Å². The first-order valence-electron chi connectivity index (χ1n) is 7.96. The number of imide groups is 1. The molecular formula is C15H23N3O4. The fraction of sp³-hybridized carbons (Fsp3) is 0.800. The summed E-state index contributed by atoms with van der Waals surface area (Å²) in [6, 6.07) is -0.190. The lowest BCUT2D eigenvalue weighted by molar-refractivity contribution is -0.126. The summed E-state index contributed by atoms with van der Waals surface area (Å²) < 4.78 is 5.71. The lowest BCUT2D eigenvalue weighted by atomic mass is 9.93. The molecule has 0 radical (unpaired) electrons. The van der Waals surface area contributed by atoms with Crippen LogP contribution in [0.5, 0.6) is 0 Å². The molecule has 3 heterocycles. The maximum Gasteiger partial charge on any atom is 0.317 e. The Kier molecular flexibility index (Phi) is 4.08. The van der Waals surface area contributed by atoms with E-state index in [1.165, 1.54) is 0 Å². The first-order valence-corrected chi connectivity index (χ1v) is 7.96. The summed E-state index contributed by atoms with van der Waals surface area (Å²) in [6.45, 7) is 6.21. The second kappa shape index (κ2) is 5.87. The molecule has 3 saturated heterocycles. The summed E-state index contributed by atoms with van der Waals surface area (Å²) in [6.07, 6.45) is 1.14. The maximum absolute atomic E-state index is 12.3. The molecular weight excluding hydrogens is 286 g/mol. The average Bonchev–Trinajstić information content (AvgIpc) is 3.15. The Balaban J connectivity index is 1.51. The topological polar surface area (TPSA) is 87.7 Å². The highest BCUT2D eigenvalue weighted by atomic mass is 16.5. The number of likely N-dealkylation sites (tertiary alicyclic amines) is 1. The smallest absolute Gasteiger partial charge is 0.317 e. The van der Waals surface area contributed by atoms with Crippen LogP contribution in [0.15, 0.2) is 0 Å². The van der Waals surface area contributed by atoms with E-state index in [9.17, 15) is 14.4 Å². The van der Waals surface area contributed by atoms with Crippen LogP contribution < -0.4 is 10.6 Å². The number of nitrogens with zero attached hydrogens (tertiary/aromatic N) is 1. The molecule has 7 heteroatoms. The second-order valence-corrected chi connectivity index (χ2v) is 6.79. The van der Waals surface area contributed by atoms with E-state index in [1.807, 2.05) is 0 Å². The number of urea groups is 1. The molecule has 0 aromatic carbocycles. The molecule has 3 aliphatic heterocycles. The molecule has 0 aliphatic carbocycles. The third kappa shape index (κ3) is 2.69. The van der Waals surface area contributed by atoms with Gasteiger partial charge < -0.3 is 15.0 Å². The van der Waals surface area contributed by atoms with Gasteiger partial charge in [0.1, 0.15) is 0 Å². The largest absolute Gasteiger partial charge is 0.378 e. The second-order valence-electron chi connectivity index (χ2n) is 6.79. The van der Waals surface area contributed by atoms with Gasteiger partial charge in [-0.1, -0.05) is 13.8 Å². The van der Waals surface area contributed by atoms with Crippen molar-refractivity contribution in [2.45, 2.75) is 26.4 Å². The van der Waals surface area contributed by atoms with E-state index >= 15 is 0 Å². The zero-order chi connectivity index (χ0) is 15.9. The predicted octanol–water partition coefficient (Wildman–Crippen LogP) is -0.0385. The Bertz CT molecular complexity index is 471. The molecule has 3 aliphatic rings. The predicted molar refractivity (Wildman–Crippen MR) is 77.8 cm³/mol. The number of ether oxygens (including phenoxy) is 1. The molecule has 7 nitrogen and oxygen atoms in total. The van der Waals surface area contributed by atoms with E-state index in [0.717, 1.165) is 13.0 Å². The molecule has 4 amide bonds. The monoisotopic (exact) mass is 309 g/mol. The van der Waals surface area contributed by atoms with E-state index in [4.69, 9.17) is 4.74 Å². The van der Waals surface area contributed by atoms with Crippen molar-refractivity contribution in [1.82, 2.24) is 15.5 Å². The van der Waals surface area contributed by atoms with Gasteiger partial charge in [0.2, 0.25) is 11.8 Å². The van der Waals surface area contributed by atoms with Gasteiger partial charge >= 0.3 is 6.03 Å². The third-order valence-electron chi connectivity index (χ3n) is 4.96. The molecule has 3 fully saturated rings. The van der Waals surface area contributed by atoms with Gasteiger partial charge in [0.05, 0.1) is 17.9 Å². The van der Waals surface area contributed by atoms with Crippen molar-refractivity contribution in [2.75, 3.05) is 26.2 Å². The Morgan fingerprint density at radius 2 is 1.95 bits per heavy atom. The summed E-state index contributed by atoms with van der Waals surface area (Å²) in [5.74, 6) is -0.510. The van der Waals surface area contributed by atoms with Crippen molar-refractivity contribution in [3.63, 3.8) is 0 Å². The number of carbonyl (C=O) groups excluding carboxylic acids is 3. The third-order valence-corrected chi connectivity index (χ3v) is 4.96. The number of rotatable bonds is 3. The van der Waals surface area contributed by atoms with Gasteiger partial charge in [-0.05, 0) is 12.3 Å². The minimum atomic E-state index is -0.378. The van der Waals surface area contributed by atoms with E-state index in [0.29, 0.717) is 31.5 Å². The highest BCUT2D eigenvalue weighted by molar-refractivity contribution is 6.06. The lowest BCUT2D eigenvalue weighted by Gasteiger charge is -2.24. The number of carbonyl (C=O) groups is 3. The minimum absolute atomic E-state index is 0.186. The number of hydrogen-bond donors (Lipinski definition) is 2. The molecule has 4 atom stereocenters. The van der Waals surface area contributed by atoms with Crippen molar-refractivity contribution < 1.29 is 19.1 Å². The van der Waals surface area contributed by atoms with Crippen LogP contribution in [-0.4, -0.2) is 55.1 Å². The molecule has 3 rings (SSSR count). The fourth-order valence-corrected chi connectivity index (χ4v) is 3.75. The first-order chi connectivity index (χ1) is 10.5. The normalized spacial score (nSPS) is 34.2. The van der Waals surface area contributed by atoms with Gasteiger partial charge in [0.15, 0.2) is 0 Å². The molecule has 0 aromatic rings. The zero-order valence-corrected chi connectivity index (χ0v) is 13.0. The van der Waals surface area contributed by atoms with Gasteiger partial charge in [-0.3, -0.25) is 14.9 Å². The maximum atomic E-state index is 12.3. The Hall–Kier alpha value is -1.63. The summed E-state index contributed by atoms with van der Waals surface area (Å²) in [5, 5.41) is 5.25. The standard InChI is InChI=1S/C15H23N3O4/c1-8(2)12-9(3-4-22-12)5-16-15(21)18-6-10-11(7-18)14(20)17-13(10)19/h8-12H,3-7H2,1-2H3,(H,16,21)(H,17,19,20)/t9?,10-,11+,12?. The number of amides is 4.